The van der Waals surface area contributed by atoms with Gasteiger partial charge in [0.1, 0.15) is 13.2 Å². The van der Waals surface area contributed by atoms with Crippen molar-refractivity contribution >= 4 is 23.2 Å². The minimum absolute atomic E-state index is 0.0948. The molecule has 0 spiro atoms. The van der Waals surface area contributed by atoms with Crippen molar-refractivity contribution in [3.05, 3.63) is 78.6 Å². The number of fused-ring (bicyclic) bond motifs is 1. The van der Waals surface area contributed by atoms with E-state index in [1.807, 2.05) is 36.5 Å². The van der Waals surface area contributed by atoms with E-state index >= 15 is 0 Å². The van der Waals surface area contributed by atoms with Crippen molar-refractivity contribution in [3.8, 4) is 11.5 Å². The van der Waals surface area contributed by atoms with Crippen molar-refractivity contribution < 1.29 is 19.1 Å². The molecule has 1 aromatic heterocycles. The normalized spacial score (nSPS) is 16.2. The second-order valence-corrected chi connectivity index (χ2v) is 8.68. The van der Waals surface area contributed by atoms with Crippen LogP contribution in [-0.2, 0) is 9.59 Å². The summed E-state index contributed by atoms with van der Waals surface area (Å²) >= 11 is 0. The van der Waals surface area contributed by atoms with Crippen molar-refractivity contribution in [1.82, 2.24) is 15.2 Å². The van der Waals surface area contributed by atoms with Gasteiger partial charge in [0.15, 0.2) is 11.5 Å². The number of pyridine rings is 1. The standard InChI is InChI=1S/C27H29N5O4/c33-26(27(34)30-21-8-9-24-25(17-21)36-16-15-35-24)29-19-23(20-5-4-10-28-18-20)32-13-11-31(12-14-32)22-6-2-1-3-7-22/h1-10,17-18,23H,11-16,19H2,(H,29,33)(H,30,34)/t23-/m0/s1. The molecule has 3 aromatic rings. The molecule has 2 aliphatic rings. The Kier molecular flexibility index (Phi) is 7.28. The van der Waals surface area contributed by atoms with Crippen molar-refractivity contribution in [2.45, 2.75) is 6.04 Å². The van der Waals surface area contributed by atoms with Crippen molar-refractivity contribution in [3.63, 3.8) is 0 Å². The lowest BCUT2D eigenvalue weighted by molar-refractivity contribution is -0.136. The Morgan fingerprint density at radius 3 is 2.42 bits per heavy atom. The van der Waals surface area contributed by atoms with E-state index in [2.05, 4.69) is 37.6 Å². The number of hydrogen-bond donors (Lipinski definition) is 2. The van der Waals surface area contributed by atoms with Gasteiger partial charge in [-0.3, -0.25) is 19.5 Å². The molecule has 1 saturated heterocycles. The maximum Gasteiger partial charge on any atom is 0.313 e. The van der Waals surface area contributed by atoms with Crippen LogP contribution in [0.5, 0.6) is 11.5 Å². The van der Waals surface area contributed by atoms with Gasteiger partial charge in [-0.15, -0.1) is 0 Å². The van der Waals surface area contributed by atoms with Crippen LogP contribution in [0.1, 0.15) is 11.6 Å². The van der Waals surface area contributed by atoms with Crippen LogP contribution >= 0.6 is 0 Å². The third-order valence-electron chi connectivity index (χ3n) is 6.41. The molecule has 0 radical (unpaired) electrons. The number of carbonyl (C=O) groups excluding carboxylic acids is 2. The number of nitrogens with one attached hydrogen (secondary N) is 2. The van der Waals surface area contributed by atoms with Crippen LogP contribution in [0.4, 0.5) is 11.4 Å². The molecular weight excluding hydrogens is 458 g/mol. The van der Waals surface area contributed by atoms with Crippen molar-refractivity contribution in [1.29, 1.82) is 0 Å². The molecule has 2 N–H and O–H groups in total. The Morgan fingerprint density at radius 2 is 1.67 bits per heavy atom. The lowest BCUT2D eigenvalue weighted by Crippen LogP contribution is -2.50. The highest BCUT2D eigenvalue weighted by atomic mass is 16.6. The number of benzene rings is 2. The largest absolute Gasteiger partial charge is 0.486 e. The molecule has 0 unspecified atom stereocenters. The zero-order valence-corrected chi connectivity index (χ0v) is 19.9. The molecule has 0 bridgehead atoms. The predicted octanol–water partition coefficient (Wildman–Crippen LogP) is 2.47. The number of anilines is 2. The van der Waals surface area contributed by atoms with E-state index in [1.54, 1.807) is 24.4 Å². The predicted molar refractivity (Wildman–Crippen MR) is 136 cm³/mol. The summed E-state index contributed by atoms with van der Waals surface area (Å²) in [5.74, 6) is -0.256. The molecule has 2 aliphatic heterocycles. The van der Waals surface area contributed by atoms with Gasteiger partial charge in [0.25, 0.3) is 0 Å². The molecule has 2 aromatic carbocycles. The van der Waals surface area contributed by atoms with Gasteiger partial charge in [-0.05, 0) is 35.9 Å². The Balaban J connectivity index is 1.20. The van der Waals surface area contributed by atoms with Gasteiger partial charge >= 0.3 is 11.8 Å². The average molecular weight is 488 g/mol. The van der Waals surface area contributed by atoms with Crippen LogP contribution in [0.15, 0.2) is 73.1 Å². The lowest BCUT2D eigenvalue weighted by atomic mass is 10.1. The fourth-order valence-corrected chi connectivity index (χ4v) is 4.54. The first kappa shape index (κ1) is 23.6. The summed E-state index contributed by atoms with van der Waals surface area (Å²) in [7, 11) is 0. The van der Waals surface area contributed by atoms with Gasteiger partial charge in [-0.2, -0.15) is 0 Å². The Labute approximate surface area is 210 Å². The Bertz CT molecular complexity index is 1180. The number of amides is 2. The van der Waals surface area contributed by atoms with Crippen molar-refractivity contribution in [2.24, 2.45) is 0 Å². The average Bonchev–Trinajstić information content (AvgIpc) is 2.94. The summed E-state index contributed by atoms with van der Waals surface area (Å²) in [6.07, 6.45) is 3.54. The summed E-state index contributed by atoms with van der Waals surface area (Å²) in [4.78, 5) is 34.2. The zero-order chi connectivity index (χ0) is 24.7. The summed E-state index contributed by atoms with van der Waals surface area (Å²) in [5, 5.41) is 5.45. The fraction of sp³-hybridized carbons (Fsp3) is 0.296. The van der Waals surface area contributed by atoms with E-state index < -0.39 is 11.8 Å². The second kappa shape index (κ2) is 11.1. The quantitative estimate of drug-likeness (QED) is 0.516. The molecular formula is C27H29N5O4. The molecule has 9 heteroatoms. The SMILES string of the molecule is O=C(NC[C@@H](c1cccnc1)N1CCN(c2ccccc2)CC1)C(=O)Nc1ccc2c(c1)OCCO2. The van der Waals surface area contributed by atoms with Crippen LogP contribution in [0.2, 0.25) is 0 Å². The number of carbonyl (C=O) groups is 2. The highest BCUT2D eigenvalue weighted by Crippen LogP contribution is 2.32. The van der Waals surface area contributed by atoms with Gasteiger partial charge in [0.2, 0.25) is 0 Å². The van der Waals surface area contributed by atoms with Crippen LogP contribution in [0.3, 0.4) is 0 Å². The first-order valence-electron chi connectivity index (χ1n) is 12.1. The fourth-order valence-electron chi connectivity index (χ4n) is 4.54. The monoisotopic (exact) mass is 487 g/mol. The van der Waals surface area contributed by atoms with Gasteiger partial charge in [-0.1, -0.05) is 24.3 Å². The number of piperazine rings is 1. The molecule has 1 fully saturated rings. The zero-order valence-electron chi connectivity index (χ0n) is 19.9. The van der Waals surface area contributed by atoms with Crippen LogP contribution in [-0.4, -0.2) is 67.6 Å². The summed E-state index contributed by atoms with van der Waals surface area (Å²) in [6.45, 7) is 4.63. The summed E-state index contributed by atoms with van der Waals surface area (Å²) < 4.78 is 11.0. The highest BCUT2D eigenvalue weighted by Gasteiger charge is 2.27. The van der Waals surface area contributed by atoms with Gasteiger partial charge in [0, 0.05) is 62.6 Å². The lowest BCUT2D eigenvalue weighted by Gasteiger charge is -2.40. The van der Waals surface area contributed by atoms with E-state index in [9.17, 15) is 9.59 Å². The molecule has 36 heavy (non-hydrogen) atoms. The minimum atomic E-state index is -0.731. The first-order chi connectivity index (χ1) is 17.7. The number of ether oxygens (including phenoxy) is 2. The third-order valence-corrected chi connectivity index (χ3v) is 6.41. The Morgan fingerprint density at radius 1 is 0.889 bits per heavy atom. The number of nitrogens with zero attached hydrogens (tertiary/aromatic N) is 3. The van der Waals surface area contributed by atoms with Gasteiger partial charge in [0.05, 0.1) is 6.04 Å². The molecule has 0 aliphatic carbocycles. The third kappa shape index (κ3) is 5.58. The van der Waals surface area contributed by atoms with Crippen LogP contribution < -0.4 is 25.0 Å². The van der Waals surface area contributed by atoms with E-state index in [0.29, 0.717) is 36.9 Å². The molecule has 5 rings (SSSR count). The molecule has 3 heterocycles. The number of rotatable bonds is 6. The van der Waals surface area contributed by atoms with Crippen LogP contribution in [0, 0.1) is 0 Å². The van der Waals surface area contributed by atoms with Gasteiger partial charge < -0.3 is 25.0 Å². The molecule has 1 atom stereocenters. The van der Waals surface area contributed by atoms with Gasteiger partial charge in [-0.25, -0.2) is 0 Å². The maximum absolute atomic E-state index is 12.7. The highest BCUT2D eigenvalue weighted by molar-refractivity contribution is 6.39. The topological polar surface area (TPSA) is 96.0 Å². The smallest absolute Gasteiger partial charge is 0.313 e. The minimum Gasteiger partial charge on any atom is -0.486 e. The number of aromatic nitrogens is 1. The Hall–Kier alpha value is -4.11. The molecule has 0 saturated carbocycles. The van der Waals surface area contributed by atoms with E-state index in [-0.39, 0.29) is 6.04 Å². The number of para-hydroxylation sites is 1. The summed E-state index contributed by atoms with van der Waals surface area (Å²) in [5.41, 5.74) is 2.68. The van der Waals surface area contributed by atoms with E-state index in [4.69, 9.17) is 9.47 Å². The first-order valence-corrected chi connectivity index (χ1v) is 12.1. The molecule has 9 nitrogen and oxygen atoms in total. The molecule has 186 valence electrons. The maximum atomic E-state index is 12.7. The van der Waals surface area contributed by atoms with E-state index in [0.717, 1.165) is 31.7 Å². The molecule has 2 amide bonds. The van der Waals surface area contributed by atoms with E-state index in [1.165, 1.54) is 5.69 Å². The van der Waals surface area contributed by atoms with Crippen molar-refractivity contribution in [2.75, 3.05) is 56.2 Å². The summed E-state index contributed by atoms with van der Waals surface area (Å²) in [6, 6.07) is 19.2. The number of hydrogen-bond acceptors (Lipinski definition) is 7. The van der Waals surface area contributed by atoms with Crippen LogP contribution in [0.25, 0.3) is 0 Å². The second-order valence-electron chi connectivity index (χ2n) is 8.68.